The topological polar surface area (TPSA) is 21.1 Å². The Balaban J connectivity index is 2.35. The van der Waals surface area contributed by atoms with Gasteiger partial charge in [0.2, 0.25) is 0 Å². The number of likely N-dealkylation sites (N-methyl/N-ethyl adjacent to an activating group) is 1. The smallest absolute Gasteiger partial charge is 0.0492 e. The average molecular weight is 260 g/mol. The molecule has 3 nitrogen and oxygen atoms in total. The van der Waals surface area contributed by atoms with Crippen LogP contribution in [0.5, 0.6) is 0 Å². The molecule has 0 saturated heterocycles. The molecule has 0 aromatic carbocycles. The quantitative estimate of drug-likeness (QED) is 0.726. The summed E-state index contributed by atoms with van der Waals surface area (Å²) in [6.45, 7) is 5.55. The lowest BCUT2D eigenvalue weighted by atomic mass is 10.3. The molecular weight excluding hydrogens is 242 g/mol. The average Bonchev–Trinajstić information content (AvgIpc) is 2.59. The second-order valence-corrected chi connectivity index (χ2v) is 4.11. The number of nitrogens with zero attached hydrogens (tertiary/aromatic N) is 3. The number of aromatic nitrogens is 2. The van der Waals surface area contributed by atoms with Gasteiger partial charge in [0, 0.05) is 43.8 Å². The summed E-state index contributed by atoms with van der Waals surface area (Å²) in [5.74, 6) is 0. The van der Waals surface area contributed by atoms with E-state index in [4.69, 9.17) is 0 Å². The molecule has 4 heteroatoms. The molecular formula is C10H18BrN3. The van der Waals surface area contributed by atoms with Crippen molar-refractivity contribution >= 4 is 15.9 Å². The Bertz CT molecular complexity index is 260. The van der Waals surface area contributed by atoms with E-state index in [9.17, 15) is 0 Å². The Hall–Kier alpha value is -0.350. The van der Waals surface area contributed by atoms with E-state index in [1.165, 1.54) is 5.69 Å². The van der Waals surface area contributed by atoms with Gasteiger partial charge in [-0.1, -0.05) is 22.9 Å². The van der Waals surface area contributed by atoms with Crippen LogP contribution in [0.4, 0.5) is 0 Å². The predicted octanol–water partition coefficient (Wildman–Crippen LogP) is 1.68. The van der Waals surface area contributed by atoms with Crippen LogP contribution in [0.2, 0.25) is 0 Å². The van der Waals surface area contributed by atoms with Crippen LogP contribution in [0.3, 0.4) is 0 Å². The molecule has 14 heavy (non-hydrogen) atoms. The Kier molecular flexibility index (Phi) is 5.19. The SMILES string of the molecule is CCN(CCBr)CCc1ccnn1C. The zero-order valence-corrected chi connectivity index (χ0v) is 10.5. The van der Waals surface area contributed by atoms with Gasteiger partial charge >= 0.3 is 0 Å². The van der Waals surface area contributed by atoms with E-state index >= 15 is 0 Å². The summed E-state index contributed by atoms with van der Waals surface area (Å²) >= 11 is 3.46. The molecule has 0 N–H and O–H groups in total. The second kappa shape index (κ2) is 6.19. The van der Waals surface area contributed by atoms with Crippen molar-refractivity contribution in [2.45, 2.75) is 13.3 Å². The standard InChI is InChI=1S/C10H18BrN3/c1-3-14(9-6-11)8-5-10-4-7-12-13(10)2/h4,7H,3,5-6,8-9H2,1-2H3. The van der Waals surface area contributed by atoms with E-state index in [0.717, 1.165) is 31.4 Å². The molecule has 1 heterocycles. The highest BCUT2D eigenvalue weighted by Gasteiger charge is 2.03. The minimum absolute atomic E-state index is 1.05. The van der Waals surface area contributed by atoms with Crippen LogP contribution in [-0.4, -0.2) is 39.6 Å². The molecule has 1 aromatic heterocycles. The van der Waals surface area contributed by atoms with E-state index in [1.54, 1.807) is 0 Å². The molecule has 0 spiro atoms. The molecule has 0 aliphatic rings. The highest BCUT2D eigenvalue weighted by atomic mass is 79.9. The zero-order chi connectivity index (χ0) is 10.4. The maximum absolute atomic E-state index is 4.16. The summed E-state index contributed by atoms with van der Waals surface area (Å²) in [4.78, 5) is 2.43. The number of rotatable bonds is 6. The van der Waals surface area contributed by atoms with Crippen LogP contribution in [0.15, 0.2) is 12.3 Å². The molecule has 0 fully saturated rings. The Morgan fingerprint density at radius 3 is 2.79 bits per heavy atom. The van der Waals surface area contributed by atoms with Gasteiger partial charge in [-0.25, -0.2) is 0 Å². The molecule has 0 saturated carbocycles. The molecule has 0 atom stereocenters. The summed E-state index contributed by atoms with van der Waals surface area (Å²) in [6, 6.07) is 2.09. The van der Waals surface area contributed by atoms with Crippen molar-refractivity contribution in [2.24, 2.45) is 7.05 Å². The first-order valence-corrected chi connectivity index (χ1v) is 6.15. The van der Waals surface area contributed by atoms with Crippen molar-refractivity contribution in [2.75, 3.05) is 25.0 Å². The van der Waals surface area contributed by atoms with Crippen LogP contribution >= 0.6 is 15.9 Å². The largest absolute Gasteiger partial charge is 0.302 e. The fourth-order valence-electron chi connectivity index (χ4n) is 1.47. The Morgan fingerprint density at radius 2 is 2.29 bits per heavy atom. The second-order valence-electron chi connectivity index (χ2n) is 3.32. The first-order valence-electron chi connectivity index (χ1n) is 5.03. The van der Waals surface area contributed by atoms with Crippen molar-refractivity contribution in [3.8, 4) is 0 Å². The van der Waals surface area contributed by atoms with Gasteiger partial charge in [0.1, 0.15) is 0 Å². The summed E-state index contributed by atoms with van der Waals surface area (Å²) in [6.07, 6.45) is 2.94. The molecule has 0 radical (unpaired) electrons. The molecule has 1 aromatic rings. The number of alkyl halides is 1. The molecule has 0 unspecified atom stereocenters. The van der Waals surface area contributed by atoms with Gasteiger partial charge in [0.25, 0.3) is 0 Å². The van der Waals surface area contributed by atoms with Gasteiger partial charge in [-0.2, -0.15) is 5.10 Å². The zero-order valence-electron chi connectivity index (χ0n) is 8.91. The van der Waals surface area contributed by atoms with Gasteiger partial charge < -0.3 is 4.90 Å². The number of halogens is 1. The molecule has 0 amide bonds. The molecule has 80 valence electrons. The van der Waals surface area contributed by atoms with Crippen LogP contribution in [0, 0.1) is 0 Å². The highest BCUT2D eigenvalue weighted by Crippen LogP contribution is 2.00. The number of hydrogen-bond donors (Lipinski definition) is 0. The Labute approximate surface area is 94.2 Å². The number of hydrogen-bond acceptors (Lipinski definition) is 2. The third-order valence-corrected chi connectivity index (χ3v) is 2.81. The van der Waals surface area contributed by atoms with Crippen LogP contribution in [-0.2, 0) is 13.5 Å². The summed E-state index contributed by atoms with van der Waals surface area (Å²) in [7, 11) is 2.00. The minimum Gasteiger partial charge on any atom is -0.302 e. The highest BCUT2D eigenvalue weighted by molar-refractivity contribution is 9.09. The van der Waals surface area contributed by atoms with Crippen molar-refractivity contribution in [3.63, 3.8) is 0 Å². The Morgan fingerprint density at radius 1 is 1.50 bits per heavy atom. The van der Waals surface area contributed by atoms with Crippen molar-refractivity contribution < 1.29 is 0 Å². The van der Waals surface area contributed by atoms with Gasteiger partial charge in [0.05, 0.1) is 0 Å². The monoisotopic (exact) mass is 259 g/mol. The van der Waals surface area contributed by atoms with E-state index in [2.05, 4.69) is 38.9 Å². The lowest BCUT2D eigenvalue weighted by Crippen LogP contribution is -2.28. The lowest BCUT2D eigenvalue weighted by Gasteiger charge is -2.18. The summed E-state index contributed by atoms with van der Waals surface area (Å²) < 4.78 is 1.95. The van der Waals surface area contributed by atoms with Crippen LogP contribution in [0.25, 0.3) is 0 Å². The summed E-state index contributed by atoms with van der Waals surface area (Å²) in [5.41, 5.74) is 1.30. The first-order chi connectivity index (χ1) is 6.77. The minimum atomic E-state index is 1.05. The molecule has 0 aliphatic heterocycles. The fraction of sp³-hybridized carbons (Fsp3) is 0.700. The van der Waals surface area contributed by atoms with E-state index in [0.29, 0.717) is 0 Å². The van der Waals surface area contributed by atoms with E-state index in [-0.39, 0.29) is 0 Å². The fourth-order valence-corrected chi connectivity index (χ4v) is 1.97. The molecule has 0 aliphatic carbocycles. The van der Waals surface area contributed by atoms with Gasteiger partial charge in [-0.3, -0.25) is 4.68 Å². The third kappa shape index (κ3) is 3.42. The molecule has 0 bridgehead atoms. The third-order valence-electron chi connectivity index (χ3n) is 2.45. The van der Waals surface area contributed by atoms with Gasteiger partial charge in [-0.15, -0.1) is 0 Å². The van der Waals surface area contributed by atoms with Crippen molar-refractivity contribution in [1.29, 1.82) is 0 Å². The van der Waals surface area contributed by atoms with Gasteiger partial charge in [-0.05, 0) is 12.6 Å². The summed E-state index contributed by atoms with van der Waals surface area (Å²) in [5, 5.41) is 5.20. The number of aryl methyl sites for hydroxylation is 1. The van der Waals surface area contributed by atoms with Gasteiger partial charge in [0.15, 0.2) is 0 Å². The van der Waals surface area contributed by atoms with E-state index < -0.39 is 0 Å². The van der Waals surface area contributed by atoms with Crippen LogP contribution in [0.1, 0.15) is 12.6 Å². The van der Waals surface area contributed by atoms with Crippen molar-refractivity contribution in [1.82, 2.24) is 14.7 Å². The lowest BCUT2D eigenvalue weighted by molar-refractivity contribution is 0.308. The molecule has 1 rings (SSSR count). The normalized spacial score (nSPS) is 11.1. The van der Waals surface area contributed by atoms with Crippen molar-refractivity contribution in [3.05, 3.63) is 18.0 Å². The maximum atomic E-state index is 4.16. The van der Waals surface area contributed by atoms with E-state index in [1.807, 2.05) is 17.9 Å². The predicted molar refractivity (Wildman–Crippen MR) is 62.8 cm³/mol. The maximum Gasteiger partial charge on any atom is 0.0492 e. The van der Waals surface area contributed by atoms with Crippen LogP contribution < -0.4 is 0 Å². The first kappa shape index (κ1) is 11.7.